The minimum absolute atomic E-state index is 0.0135. The molecule has 0 spiro atoms. The highest BCUT2D eigenvalue weighted by atomic mass is 79.9. The second-order valence-corrected chi connectivity index (χ2v) is 35.4. The quantitative estimate of drug-likeness (QED) is 0.0521. The number of carbonyl (C=O) groups excluding carboxylic acids is 1. The third-order valence-corrected chi connectivity index (χ3v) is 23.6. The minimum atomic E-state index is -1.89. The number of aliphatic hydroxyl groups excluding tert-OH is 1. The molecule has 416 valence electrons. The molecule has 2 saturated heterocycles. The number of benzene rings is 2. The maximum Gasteiger partial charge on any atom is 0.192 e. The number of methoxy groups -OCH3 is 2. The first-order chi connectivity index (χ1) is 33.7. The summed E-state index contributed by atoms with van der Waals surface area (Å²) < 4.78 is 59.2. The summed E-state index contributed by atoms with van der Waals surface area (Å²) in [7, 11) is -0.233. The third-order valence-electron chi connectivity index (χ3n) is 14.0. The monoisotopic (exact) mass is 1180 g/mol. The number of carbonyl (C=O) groups is 1. The van der Waals surface area contributed by atoms with Gasteiger partial charge in [0.15, 0.2) is 28.2 Å². The molecule has 9 atom stereocenters. The first-order valence-electron chi connectivity index (χ1n) is 25.8. The third kappa shape index (κ3) is 24.1. The molecule has 0 amide bonds. The van der Waals surface area contributed by atoms with Crippen molar-refractivity contribution >= 4 is 54.8 Å². The number of halogens is 2. The predicted molar refractivity (Wildman–Crippen MR) is 306 cm³/mol. The van der Waals surface area contributed by atoms with E-state index in [0.29, 0.717) is 51.6 Å². The second-order valence-electron chi connectivity index (χ2n) is 23.1. The molecular weight excluding hydrogens is 1090 g/mol. The lowest BCUT2D eigenvalue weighted by molar-refractivity contribution is -0.153. The fourth-order valence-electron chi connectivity index (χ4n) is 7.27. The minimum Gasteiger partial charge on any atom is -0.497 e. The molecule has 0 bridgehead atoms. The molecule has 73 heavy (non-hydrogen) atoms. The topological polar surface area (TPSA) is 130 Å². The lowest BCUT2D eigenvalue weighted by Crippen LogP contribution is -2.44. The van der Waals surface area contributed by atoms with Crippen LogP contribution in [0.25, 0.3) is 0 Å². The molecule has 2 aromatic rings. The van der Waals surface area contributed by atoms with E-state index in [-0.39, 0.29) is 46.5 Å². The normalized spacial score (nSPS) is 21.6. The van der Waals surface area contributed by atoms with Crippen LogP contribution >= 0.6 is 31.9 Å². The molecule has 12 nitrogen and oxygen atoms in total. The van der Waals surface area contributed by atoms with Crippen LogP contribution in [0, 0.1) is 23.7 Å². The predicted octanol–water partition coefficient (Wildman–Crippen LogP) is 13.9. The zero-order valence-electron chi connectivity index (χ0n) is 48.1. The molecule has 0 saturated carbocycles. The van der Waals surface area contributed by atoms with Crippen LogP contribution in [0.4, 0.5) is 0 Å². The Bertz CT molecular complexity index is 2000. The van der Waals surface area contributed by atoms with Crippen molar-refractivity contribution in [2.75, 3.05) is 27.4 Å². The maximum absolute atomic E-state index is 10.9. The molecule has 2 fully saturated rings. The number of hydrogen-bond acceptors (Lipinski definition) is 12. The maximum atomic E-state index is 10.9. The van der Waals surface area contributed by atoms with Crippen molar-refractivity contribution in [2.24, 2.45) is 11.8 Å². The molecule has 0 aromatic heterocycles. The van der Waals surface area contributed by atoms with Gasteiger partial charge in [-0.15, -0.1) is 0 Å². The Hall–Kier alpha value is -1.96. The Morgan fingerprint density at radius 3 is 1.51 bits per heavy atom. The van der Waals surface area contributed by atoms with E-state index in [9.17, 15) is 9.90 Å². The van der Waals surface area contributed by atoms with E-state index in [1.807, 2.05) is 83.1 Å². The Kier molecular flexibility index (Phi) is 27.8. The van der Waals surface area contributed by atoms with Gasteiger partial charge in [0.2, 0.25) is 0 Å². The van der Waals surface area contributed by atoms with E-state index in [4.69, 9.17) is 46.7 Å². The van der Waals surface area contributed by atoms with Crippen molar-refractivity contribution in [3.63, 3.8) is 0 Å². The van der Waals surface area contributed by atoms with Crippen molar-refractivity contribution in [3.8, 4) is 23.3 Å². The standard InChI is InChI=1S/C28H46O6Si.C17H24O5.C12H24Br2OSi/c1-20(21(2)34-35(9,10)27(3,4)5)11-16-24(29)26-25(32-28(6,7)33-26)17-18-31-19-22-12-14-23(30-8)15-13-22;1-17(2)21-15(8-10-18)16(22-17)9-11-20-12-13-4-6-14(19-3)7-5-13;1-9(8-11(13)14)10(2)15-16(6,7)12(3,4)5/h12-15,20-21,24-26,29H,17-19H2,1-10H3;4-7,10,15-16H,8-9,11-12H2,1-3H3;8-10H,1-7H3/t20-,21+,24?,25+,26-;15-,16+;9-,10+/m111/s1. The summed E-state index contributed by atoms with van der Waals surface area (Å²) >= 11 is 6.79. The van der Waals surface area contributed by atoms with Gasteiger partial charge in [0.05, 0.1) is 55.2 Å². The van der Waals surface area contributed by atoms with Crippen molar-refractivity contribution in [3.05, 3.63) is 69.1 Å². The molecule has 2 aliphatic rings. The SMILES string of the molecule is COc1ccc(COCC[C@@H]2OC(C)(C)O[C@@H]2C(O)C#C[C@@H](C)[C@H](C)O[Si](C)(C)C(C)(C)C)cc1.COc1ccc(COCC[C@@H]2OC(C)(C)O[C@@H]2CC=O)cc1.C[C@H](C=C(Br)Br)[C@H](C)O[Si](C)(C)C(C)(C)C. The lowest BCUT2D eigenvalue weighted by atomic mass is 10.0. The Balaban J connectivity index is 0.000000410. The molecular formula is C57H94Br2O12Si2. The van der Waals surface area contributed by atoms with Crippen molar-refractivity contribution < 1.29 is 56.6 Å². The van der Waals surface area contributed by atoms with E-state index >= 15 is 0 Å². The van der Waals surface area contributed by atoms with Crippen LogP contribution in [-0.4, -0.2) is 110 Å². The van der Waals surface area contributed by atoms with Gasteiger partial charge in [-0.05, 0) is 165 Å². The van der Waals surface area contributed by atoms with Gasteiger partial charge < -0.3 is 56.6 Å². The Labute approximate surface area is 460 Å². The highest BCUT2D eigenvalue weighted by molar-refractivity contribution is 9.28. The van der Waals surface area contributed by atoms with Crippen LogP contribution in [-0.2, 0) is 55.3 Å². The van der Waals surface area contributed by atoms with Crippen LogP contribution in [0.15, 0.2) is 58.0 Å². The fraction of sp³-hybridized carbons (Fsp3) is 0.702. The van der Waals surface area contributed by atoms with E-state index in [1.165, 1.54) is 0 Å². The average molecular weight is 1190 g/mol. The van der Waals surface area contributed by atoms with Crippen molar-refractivity contribution in [1.29, 1.82) is 0 Å². The molecule has 1 N–H and O–H groups in total. The fourth-order valence-corrected chi connectivity index (χ4v) is 11.1. The van der Waals surface area contributed by atoms with E-state index in [2.05, 4.69) is 138 Å². The van der Waals surface area contributed by atoms with Gasteiger partial charge in [0, 0.05) is 37.6 Å². The van der Waals surface area contributed by atoms with Crippen LogP contribution < -0.4 is 9.47 Å². The van der Waals surface area contributed by atoms with Crippen LogP contribution in [0.3, 0.4) is 0 Å². The molecule has 2 aromatic carbocycles. The first-order valence-corrected chi connectivity index (χ1v) is 33.2. The van der Waals surface area contributed by atoms with Gasteiger partial charge in [-0.1, -0.05) is 90.6 Å². The summed E-state index contributed by atoms with van der Waals surface area (Å²) in [6, 6.07) is 15.6. The summed E-state index contributed by atoms with van der Waals surface area (Å²) in [6.45, 7) is 40.5. The molecule has 2 heterocycles. The van der Waals surface area contributed by atoms with Gasteiger partial charge in [0.25, 0.3) is 0 Å². The zero-order valence-corrected chi connectivity index (χ0v) is 53.3. The summed E-state index contributed by atoms with van der Waals surface area (Å²) in [5.41, 5.74) is 2.16. The number of aldehydes is 1. The van der Waals surface area contributed by atoms with Crippen LogP contribution in [0.1, 0.15) is 127 Å². The highest BCUT2D eigenvalue weighted by Crippen LogP contribution is 2.40. The number of rotatable bonds is 22. The largest absolute Gasteiger partial charge is 0.497 e. The number of ether oxygens (including phenoxy) is 8. The van der Waals surface area contributed by atoms with Crippen molar-refractivity contribution in [1.82, 2.24) is 0 Å². The highest BCUT2D eigenvalue weighted by Gasteiger charge is 2.45. The van der Waals surface area contributed by atoms with Gasteiger partial charge in [0.1, 0.15) is 30.0 Å². The summed E-state index contributed by atoms with van der Waals surface area (Å²) in [4.78, 5) is 10.7. The summed E-state index contributed by atoms with van der Waals surface area (Å²) in [5.74, 6) is 6.84. The van der Waals surface area contributed by atoms with Gasteiger partial charge in [-0.2, -0.15) is 0 Å². The Morgan fingerprint density at radius 2 is 1.08 bits per heavy atom. The zero-order chi connectivity index (χ0) is 55.6. The number of hydrogen-bond donors (Lipinski definition) is 1. The van der Waals surface area contributed by atoms with Gasteiger partial charge >= 0.3 is 0 Å². The summed E-state index contributed by atoms with van der Waals surface area (Å²) in [6.07, 6.45) is 2.83. The molecule has 2 aliphatic heterocycles. The lowest BCUT2D eigenvalue weighted by Gasteiger charge is -2.39. The van der Waals surface area contributed by atoms with Crippen LogP contribution in [0.2, 0.25) is 36.3 Å². The molecule has 0 radical (unpaired) electrons. The molecule has 4 rings (SSSR count). The first kappa shape index (κ1) is 67.2. The number of aliphatic hydroxyl groups is 1. The second kappa shape index (κ2) is 30.3. The van der Waals surface area contributed by atoms with E-state index < -0.39 is 40.4 Å². The van der Waals surface area contributed by atoms with Crippen molar-refractivity contribution in [2.45, 2.75) is 220 Å². The van der Waals surface area contributed by atoms with Gasteiger partial charge in [-0.3, -0.25) is 0 Å². The Morgan fingerprint density at radius 1 is 0.671 bits per heavy atom. The van der Waals surface area contributed by atoms with E-state index in [0.717, 1.165) is 32.3 Å². The smallest absolute Gasteiger partial charge is 0.192 e. The molecule has 1 unspecified atom stereocenters. The van der Waals surface area contributed by atoms with E-state index in [1.54, 1.807) is 14.2 Å². The molecule has 0 aliphatic carbocycles. The van der Waals surface area contributed by atoms with Crippen LogP contribution in [0.5, 0.6) is 11.5 Å². The average Bonchev–Trinajstić information content (AvgIpc) is 3.77. The summed E-state index contributed by atoms with van der Waals surface area (Å²) in [5, 5.41) is 11.3. The van der Waals surface area contributed by atoms with Gasteiger partial charge in [-0.25, -0.2) is 0 Å². The molecule has 16 heteroatoms.